The zero-order valence-electron chi connectivity index (χ0n) is 18.7. The molecule has 0 amide bonds. The van der Waals surface area contributed by atoms with Crippen LogP contribution in [0.15, 0.2) is 35.6 Å². The minimum absolute atomic E-state index is 0.0953. The zero-order chi connectivity index (χ0) is 25.8. The molecule has 0 aliphatic carbocycles. The molecule has 4 heterocycles. The Kier molecular flexibility index (Phi) is 5.50. The number of nitro groups is 2. The minimum Gasteiger partial charge on any atom is -0.459 e. The van der Waals surface area contributed by atoms with Gasteiger partial charge in [-0.15, -0.1) is 0 Å². The number of carbonyl (C=O) groups is 1. The summed E-state index contributed by atoms with van der Waals surface area (Å²) < 4.78 is 24.8. The first-order valence-corrected chi connectivity index (χ1v) is 10.6. The Morgan fingerprint density at radius 2 is 1.81 bits per heavy atom. The maximum Gasteiger partial charge on any atom is 0.338 e. The van der Waals surface area contributed by atoms with Gasteiger partial charge in [0.05, 0.1) is 34.1 Å². The van der Waals surface area contributed by atoms with Gasteiger partial charge < -0.3 is 23.9 Å². The molecule has 2 aliphatic rings. The number of H-pyrrole nitrogens is 1. The van der Waals surface area contributed by atoms with Crippen LogP contribution >= 0.6 is 0 Å². The van der Waals surface area contributed by atoms with Crippen LogP contribution in [0.5, 0.6) is 0 Å². The molecule has 0 unspecified atom stereocenters. The molecule has 1 N–H and O–H groups in total. The average molecular weight is 502 g/mol. The molecule has 16 nitrogen and oxygen atoms in total. The van der Waals surface area contributed by atoms with Gasteiger partial charge in [-0.1, -0.05) is 0 Å². The van der Waals surface area contributed by atoms with E-state index in [0.717, 1.165) is 18.2 Å². The van der Waals surface area contributed by atoms with Crippen molar-refractivity contribution in [3.63, 3.8) is 0 Å². The van der Waals surface area contributed by atoms with Gasteiger partial charge in [0.15, 0.2) is 23.2 Å². The summed E-state index contributed by atoms with van der Waals surface area (Å²) >= 11 is 0. The molecule has 2 aromatic heterocycles. The number of aromatic nitrogens is 4. The quantitative estimate of drug-likeness (QED) is 0.287. The van der Waals surface area contributed by atoms with Crippen LogP contribution < -0.4 is 5.56 Å². The van der Waals surface area contributed by atoms with Crippen LogP contribution in [-0.4, -0.2) is 66.0 Å². The lowest BCUT2D eigenvalue weighted by Gasteiger charge is -2.24. The SMILES string of the molecule is CC1(C)O[C@@H]2[C@H](O1)[C@H](COC(=O)c1cc([N+](=O)[O-])cc([N+](=O)[O-])c1)O[C@@H]2n1cnc2c(=O)[nH]cnc21. The molecule has 2 aliphatic heterocycles. The van der Waals surface area contributed by atoms with Crippen LogP contribution in [0, 0.1) is 20.2 Å². The molecule has 0 radical (unpaired) electrons. The fraction of sp³-hybridized carbons (Fsp3) is 0.400. The van der Waals surface area contributed by atoms with E-state index in [2.05, 4.69) is 15.0 Å². The predicted octanol–water partition coefficient (Wildman–Crippen LogP) is 1.21. The van der Waals surface area contributed by atoms with Gasteiger partial charge in [-0.3, -0.25) is 29.6 Å². The molecular weight excluding hydrogens is 484 g/mol. The largest absolute Gasteiger partial charge is 0.459 e. The Bertz CT molecular complexity index is 1420. The van der Waals surface area contributed by atoms with Crippen molar-refractivity contribution >= 4 is 28.5 Å². The number of hydrogen-bond donors (Lipinski definition) is 1. The van der Waals surface area contributed by atoms with Crippen molar-refractivity contribution < 1.29 is 33.6 Å². The van der Waals surface area contributed by atoms with Crippen molar-refractivity contribution in [3.05, 3.63) is 67.0 Å². The van der Waals surface area contributed by atoms with Crippen LogP contribution in [0.4, 0.5) is 11.4 Å². The first kappa shape index (κ1) is 23.5. The summed E-state index contributed by atoms with van der Waals surface area (Å²) in [4.78, 5) is 55.9. The number of rotatable bonds is 6. The van der Waals surface area contributed by atoms with Gasteiger partial charge in [-0.05, 0) is 13.8 Å². The molecule has 0 bridgehead atoms. The molecule has 16 heteroatoms. The number of hydrogen-bond acceptors (Lipinski definition) is 12. The topological polar surface area (TPSA) is 204 Å². The molecule has 4 atom stereocenters. The zero-order valence-corrected chi connectivity index (χ0v) is 18.7. The standard InChI is InChI=1S/C20H18N6O10/c1-20(2)35-14-12(6-33-19(28)9-3-10(25(29)30)5-11(4-9)26(31)32)34-18(15(14)36-20)24-8-23-13-16(24)21-7-22-17(13)27/h3-5,7-8,12,14-15,18H,6H2,1-2H3,(H,21,22,27)/t12-,14+,15+,18-/m0/s1. The molecule has 36 heavy (non-hydrogen) atoms. The first-order valence-electron chi connectivity index (χ1n) is 10.6. The van der Waals surface area contributed by atoms with E-state index in [1.807, 2.05) is 0 Å². The molecule has 188 valence electrons. The number of non-ortho nitro benzene ring substituents is 2. The van der Waals surface area contributed by atoms with Gasteiger partial charge in [0.2, 0.25) is 0 Å². The second kappa shape index (κ2) is 8.43. The van der Waals surface area contributed by atoms with Crippen LogP contribution in [0.1, 0.15) is 30.4 Å². The summed E-state index contributed by atoms with van der Waals surface area (Å²) in [6.07, 6.45) is -0.460. The highest BCUT2D eigenvalue weighted by Crippen LogP contribution is 2.43. The Labute approximate surface area is 200 Å². The lowest BCUT2D eigenvalue weighted by atomic mass is 10.1. The molecule has 0 spiro atoms. The lowest BCUT2D eigenvalue weighted by molar-refractivity contribution is -0.394. The van der Waals surface area contributed by atoms with Crippen LogP contribution in [0.2, 0.25) is 0 Å². The number of nitrogens with zero attached hydrogens (tertiary/aromatic N) is 5. The second-order valence-corrected chi connectivity index (χ2v) is 8.54. The van der Waals surface area contributed by atoms with Gasteiger partial charge in [0.25, 0.3) is 16.9 Å². The minimum atomic E-state index is -1.02. The van der Waals surface area contributed by atoms with Crippen LogP contribution in [0.3, 0.4) is 0 Å². The van der Waals surface area contributed by atoms with Crippen molar-refractivity contribution in [2.24, 2.45) is 0 Å². The van der Waals surface area contributed by atoms with Crippen molar-refractivity contribution in [2.75, 3.05) is 6.61 Å². The summed E-state index contributed by atoms with van der Waals surface area (Å²) in [5, 5.41) is 22.2. The molecule has 1 aromatic carbocycles. The van der Waals surface area contributed by atoms with Crippen molar-refractivity contribution in [1.29, 1.82) is 0 Å². The van der Waals surface area contributed by atoms with E-state index in [0.29, 0.717) is 0 Å². The second-order valence-electron chi connectivity index (χ2n) is 8.54. The van der Waals surface area contributed by atoms with E-state index in [-0.39, 0.29) is 23.3 Å². The van der Waals surface area contributed by atoms with Gasteiger partial charge in [0, 0.05) is 12.1 Å². The summed E-state index contributed by atoms with van der Waals surface area (Å²) in [5.74, 6) is -2.02. The van der Waals surface area contributed by atoms with Gasteiger partial charge in [-0.2, -0.15) is 0 Å². The molecule has 5 rings (SSSR count). The normalized spacial score (nSPS) is 24.5. The van der Waals surface area contributed by atoms with E-state index in [1.54, 1.807) is 13.8 Å². The highest BCUT2D eigenvalue weighted by molar-refractivity contribution is 5.91. The third kappa shape index (κ3) is 4.06. The molecule has 0 saturated carbocycles. The summed E-state index contributed by atoms with van der Waals surface area (Å²) in [7, 11) is 0. The Balaban J connectivity index is 1.39. The molecular formula is C20H18N6O10. The Morgan fingerprint density at radius 1 is 1.14 bits per heavy atom. The average Bonchev–Trinajstić information content (AvgIpc) is 3.48. The fourth-order valence-corrected chi connectivity index (χ4v) is 4.23. The number of imidazole rings is 1. The molecule has 3 aromatic rings. The van der Waals surface area contributed by atoms with E-state index in [9.17, 15) is 29.8 Å². The van der Waals surface area contributed by atoms with Crippen molar-refractivity contribution in [2.45, 2.75) is 44.2 Å². The first-order chi connectivity index (χ1) is 17.0. The van der Waals surface area contributed by atoms with Crippen molar-refractivity contribution in [3.8, 4) is 0 Å². The molecule has 2 saturated heterocycles. The predicted molar refractivity (Wildman–Crippen MR) is 116 cm³/mol. The maximum absolute atomic E-state index is 12.6. The summed E-state index contributed by atoms with van der Waals surface area (Å²) in [6.45, 7) is 3.04. The van der Waals surface area contributed by atoms with E-state index < -0.39 is 63.1 Å². The number of esters is 1. The highest BCUT2D eigenvalue weighted by atomic mass is 16.8. The van der Waals surface area contributed by atoms with E-state index in [1.165, 1.54) is 17.2 Å². The number of benzene rings is 1. The van der Waals surface area contributed by atoms with Gasteiger partial charge in [-0.25, -0.2) is 14.8 Å². The number of nitrogens with one attached hydrogen (secondary N) is 1. The maximum atomic E-state index is 12.6. The van der Waals surface area contributed by atoms with Crippen LogP contribution in [0.25, 0.3) is 11.2 Å². The third-order valence-electron chi connectivity index (χ3n) is 5.70. The van der Waals surface area contributed by atoms with Gasteiger partial charge in [0.1, 0.15) is 24.9 Å². The smallest absolute Gasteiger partial charge is 0.338 e. The fourth-order valence-electron chi connectivity index (χ4n) is 4.23. The molecule has 2 fully saturated rings. The highest BCUT2D eigenvalue weighted by Gasteiger charge is 2.56. The third-order valence-corrected chi connectivity index (χ3v) is 5.70. The number of nitro benzene ring substituents is 2. The lowest BCUT2D eigenvalue weighted by Crippen LogP contribution is -2.33. The van der Waals surface area contributed by atoms with Crippen LogP contribution in [-0.2, 0) is 18.9 Å². The van der Waals surface area contributed by atoms with Gasteiger partial charge >= 0.3 is 5.97 Å². The van der Waals surface area contributed by atoms with Crippen molar-refractivity contribution in [1.82, 2.24) is 19.5 Å². The number of aromatic amines is 1. The summed E-state index contributed by atoms with van der Waals surface area (Å²) in [5.41, 5.74) is -1.71. The number of carbonyl (C=O) groups excluding carboxylic acids is 1. The number of fused-ring (bicyclic) bond motifs is 2. The Hall–Kier alpha value is -4.28. The van der Waals surface area contributed by atoms with E-state index >= 15 is 0 Å². The number of ether oxygens (including phenoxy) is 4. The monoisotopic (exact) mass is 502 g/mol. The summed E-state index contributed by atoms with van der Waals surface area (Å²) in [6, 6.07) is 2.51. The van der Waals surface area contributed by atoms with E-state index in [4.69, 9.17) is 18.9 Å². The Morgan fingerprint density at radius 3 is 2.47 bits per heavy atom.